The molecule has 1 fully saturated rings. The monoisotopic (exact) mass is 434 g/mol. The number of aryl methyl sites for hydroxylation is 1. The molecule has 7 nitrogen and oxygen atoms in total. The van der Waals surface area contributed by atoms with Gasteiger partial charge < -0.3 is 10.1 Å². The molecule has 0 spiro atoms. The van der Waals surface area contributed by atoms with Crippen LogP contribution in [0.15, 0.2) is 66.8 Å². The third-order valence-electron chi connectivity index (χ3n) is 5.29. The molecular formula is C24H27FN6O. The van der Waals surface area contributed by atoms with Gasteiger partial charge in [0.1, 0.15) is 6.10 Å². The minimum Gasteiger partial charge on any atom is -0.367 e. The maximum absolute atomic E-state index is 13.1. The zero-order valence-corrected chi connectivity index (χ0v) is 18.3. The lowest BCUT2D eigenvalue weighted by atomic mass is 10.0. The van der Waals surface area contributed by atoms with E-state index in [0.717, 1.165) is 18.4 Å². The molecule has 1 aromatic carbocycles. The molecule has 0 aliphatic carbocycles. The molecule has 0 amide bonds. The molecular weight excluding hydrogens is 407 g/mol. The van der Waals surface area contributed by atoms with Crippen molar-refractivity contribution in [3.05, 3.63) is 84.0 Å². The molecule has 0 bridgehead atoms. The predicted octanol–water partition coefficient (Wildman–Crippen LogP) is 4.00. The van der Waals surface area contributed by atoms with Crippen LogP contribution < -0.4 is 5.32 Å². The van der Waals surface area contributed by atoms with Crippen molar-refractivity contribution in [2.45, 2.75) is 38.8 Å². The average molecular weight is 435 g/mol. The van der Waals surface area contributed by atoms with Crippen molar-refractivity contribution in [2.24, 2.45) is 0 Å². The summed E-state index contributed by atoms with van der Waals surface area (Å²) in [6.07, 6.45) is 8.06. The van der Waals surface area contributed by atoms with Crippen LogP contribution in [0.25, 0.3) is 11.5 Å². The topological polar surface area (TPSA) is 77.8 Å². The first-order chi connectivity index (χ1) is 15.6. The zero-order chi connectivity index (χ0) is 22.3. The van der Waals surface area contributed by atoms with Crippen LogP contribution in [0.3, 0.4) is 0 Å². The third kappa shape index (κ3) is 5.52. The summed E-state index contributed by atoms with van der Waals surface area (Å²) in [6, 6.07) is 12.5. The van der Waals surface area contributed by atoms with E-state index in [9.17, 15) is 4.39 Å². The van der Waals surface area contributed by atoms with Gasteiger partial charge in [0.05, 0.1) is 12.4 Å². The highest BCUT2D eigenvalue weighted by Crippen LogP contribution is 2.23. The second-order valence-corrected chi connectivity index (χ2v) is 7.81. The number of ether oxygens (including phenoxy) is 1. The highest BCUT2D eigenvalue weighted by Gasteiger charge is 2.28. The number of halogens is 1. The first-order valence-electron chi connectivity index (χ1n) is 10.7. The fourth-order valence-corrected chi connectivity index (χ4v) is 3.52. The zero-order valence-electron chi connectivity index (χ0n) is 18.3. The molecule has 166 valence electrons. The normalized spacial score (nSPS) is 19.8. The van der Waals surface area contributed by atoms with E-state index >= 15 is 0 Å². The molecule has 2 unspecified atom stereocenters. The van der Waals surface area contributed by atoms with Crippen molar-refractivity contribution in [1.82, 2.24) is 30.0 Å². The van der Waals surface area contributed by atoms with E-state index in [0.29, 0.717) is 30.7 Å². The Morgan fingerprint density at radius 2 is 1.94 bits per heavy atom. The molecule has 3 aromatic rings. The van der Waals surface area contributed by atoms with Gasteiger partial charge in [-0.05, 0) is 50.0 Å². The summed E-state index contributed by atoms with van der Waals surface area (Å²) in [6.45, 7) is 4.42. The number of benzene rings is 1. The quantitative estimate of drug-likeness (QED) is 0.567. The number of aromatic nitrogens is 5. The van der Waals surface area contributed by atoms with E-state index in [1.807, 2.05) is 13.0 Å². The molecule has 3 heterocycles. The second-order valence-electron chi connectivity index (χ2n) is 7.81. The third-order valence-corrected chi connectivity index (χ3v) is 5.29. The molecule has 1 N–H and O–H groups in total. The summed E-state index contributed by atoms with van der Waals surface area (Å²) in [7, 11) is 0. The van der Waals surface area contributed by atoms with Gasteiger partial charge in [0, 0.05) is 25.0 Å². The van der Waals surface area contributed by atoms with E-state index in [1.165, 1.54) is 18.6 Å². The van der Waals surface area contributed by atoms with Gasteiger partial charge in [0.15, 0.2) is 11.6 Å². The van der Waals surface area contributed by atoms with Crippen molar-refractivity contribution < 1.29 is 9.13 Å². The largest absolute Gasteiger partial charge is 0.367 e. The summed E-state index contributed by atoms with van der Waals surface area (Å²) < 4.78 is 20.9. The molecule has 4 rings (SSSR count). The van der Waals surface area contributed by atoms with Crippen LogP contribution in [-0.4, -0.2) is 43.9 Å². The second kappa shape index (κ2) is 10.4. The van der Waals surface area contributed by atoms with E-state index in [1.54, 1.807) is 29.2 Å². The Kier molecular flexibility index (Phi) is 7.14. The van der Waals surface area contributed by atoms with Gasteiger partial charge in [-0.25, -0.2) is 19.3 Å². The van der Waals surface area contributed by atoms with Gasteiger partial charge in [-0.3, -0.25) is 0 Å². The number of morpholine rings is 1. The number of rotatable bonds is 7. The molecule has 1 saturated heterocycles. The van der Waals surface area contributed by atoms with Gasteiger partial charge >= 0.3 is 0 Å². The van der Waals surface area contributed by atoms with E-state index < -0.39 is 0 Å². The van der Waals surface area contributed by atoms with Crippen molar-refractivity contribution in [3.63, 3.8) is 0 Å². The van der Waals surface area contributed by atoms with Crippen LogP contribution in [0.5, 0.6) is 0 Å². The number of hydrogen-bond acceptors (Lipinski definition) is 6. The van der Waals surface area contributed by atoms with Crippen LogP contribution in [0.4, 0.5) is 4.39 Å². The lowest BCUT2D eigenvalue weighted by molar-refractivity contribution is -0.00482. The predicted molar refractivity (Wildman–Crippen MR) is 121 cm³/mol. The first kappa shape index (κ1) is 22.0. The summed E-state index contributed by atoms with van der Waals surface area (Å²) in [4.78, 5) is 13.3. The van der Waals surface area contributed by atoms with Crippen molar-refractivity contribution >= 4 is 5.57 Å². The Labute approximate surface area is 187 Å². The SMILES string of the molecule is CC(F)=CC=C(C)c1nc(C2CNC(CCc3ccccc3)CO2)n(-c2ncccn2)n1. The number of nitrogens with one attached hydrogen (secondary N) is 1. The molecule has 8 heteroatoms. The molecule has 32 heavy (non-hydrogen) atoms. The maximum atomic E-state index is 13.1. The van der Waals surface area contributed by atoms with Gasteiger partial charge in [0.25, 0.3) is 5.95 Å². The minimum absolute atomic E-state index is 0.273. The lowest BCUT2D eigenvalue weighted by Gasteiger charge is -2.29. The van der Waals surface area contributed by atoms with Crippen molar-refractivity contribution in [3.8, 4) is 5.95 Å². The van der Waals surface area contributed by atoms with E-state index in [2.05, 4.69) is 44.6 Å². The Balaban J connectivity index is 1.50. The van der Waals surface area contributed by atoms with Gasteiger partial charge in [0.2, 0.25) is 0 Å². The van der Waals surface area contributed by atoms with Crippen LogP contribution in [0.2, 0.25) is 0 Å². The Morgan fingerprint density at radius 3 is 2.62 bits per heavy atom. The summed E-state index contributed by atoms with van der Waals surface area (Å²) in [5.41, 5.74) is 2.06. The molecule has 0 saturated carbocycles. The Hall–Kier alpha value is -3.23. The molecule has 0 radical (unpaired) electrons. The van der Waals surface area contributed by atoms with Crippen molar-refractivity contribution in [1.29, 1.82) is 0 Å². The summed E-state index contributed by atoms with van der Waals surface area (Å²) in [5, 5.41) is 8.16. The fraction of sp³-hybridized carbons (Fsp3) is 0.333. The van der Waals surface area contributed by atoms with Crippen LogP contribution in [-0.2, 0) is 11.2 Å². The Morgan fingerprint density at radius 1 is 1.16 bits per heavy atom. The van der Waals surface area contributed by atoms with Gasteiger partial charge in [-0.15, -0.1) is 5.10 Å². The molecule has 2 atom stereocenters. The first-order valence-corrected chi connectivity index (χ1v) is 10.7. The standard InChI is InChI=1S/C24H27FN6O/c1-17(9-10-18(2)25)22-29-23(31(30-22)24-26-13-6-14-27-24)21-15-28-20(16-32-21)12-11-19-7-4-3-5-8-19/h3-10,13-14,20-21,28H,11-12,15-16H2,1-2H3. The number of hydrogen-bond donors (Lipinski definition) is 1. The van der Waals surface area contributed by atoms with Crippen molar-refractivity contribution in [2.75, 3.05) is 13.2 Å². The smallest absolute Gasteiger partial charge is 0.252 e. The molecule has 1 aliphatic heterocycles. The average Bonchev–Trinajstić information content (AvgIpc) is 3.28. The van der Waals surface area contributed by atoms with Gasteiger partial charge in [-0.1, -0.05) is 36.4 Å². The minimum atomic E-state index is -0.292. The fourth-order valence-electron chi connectivity index (χ4n) is 3.52. The Bertz CT molecular complexity index is 1070. The number of nitrogens with zero attached hydrogens (tertiary/aromatic N) is 5. The summed E-state index contributed by atoms with van der Waals surface area (Å²) >= 11 is 0. The molecule has 2 aromatic heterocycles. The van der Waals surface area contributed by atoms with Gasteiger partial charge in [-0.2, -0.15) is 4.68 Å². The van der Waals surface area contributed by atoms with E-state index in [4.69, 9.17) is 9.72 Å². The maximum Gasteiger partial charge on any atom is 0.252 e. The highest BCUT2D eigenvalue weighted by molar-refractivity contribution is 5.59. The highest BCUT2D eigenvalue weighted by atomic mass is 19.1. The van der Waals surface area contributed by atoms with Crippen LogP contribution in [0, 0.1) is 0 Å². The van der Waals surface area contributed by atoms with Crippen LogP contribution in [0.1, 0.15) is 43.6 Å². The molecule has 1 aliphatic rings. The van der Waals surface area contributed by atoms with Crippen LogP contribution >= 0.6 is 0 Å². The lowest BCUT2D eigenvalue weighted by Crippen LogP contribution is -2.43. The van der Waals surface area contributed by atoms with E-state index in [-0.39, 0.29) is 18.0 Å². The summed E-state index contributed by atoms with van der Waals surface area (Å²) in [5.74, 6) is 1.24. The number of allylic oxidation sites excluding steroid dienone is 4.